The van der Waals surface area contributed by atoms with E-state index in [9.17, 15) is 8.78 Å². The van der Waals surface area contributed by atoms with E-state index in [0.29, 0.717) is 0 Å². The van der Waals surface area contributed by atoms with Crippen LogP contribution in [0.5, 0.6) is 0 Å². The molecule has 13 aromatic rings. The standard InChI is InChI=1S/C76H56F2N4/c1-53-23-35-63(36-24-53)81(67-43-31-57(77)32-44-67)69-47-49-71-73(51-69)75(55-27-39-65(40-28-55)79(59-15-7-3-8-16-59)60-17-9-4-10-18-60)72-50-48-70(82(64-37-25-54(2)26-38-64)68-45-33-58(78)34-46-68)52-74(72)76(71)56-29-41-66(42-30-56)80(61-19-11-5-12-20-61)62-21-13-6-14-22-62/h3-52H,1-2H3. The molecule has 0 spiro atoms. The summed E-state index contributed by atoms with van der Waals surface area (Å²) in [6.45, 7) is 4.17. The Morgan fingerprint density at radius 3 is 0.707 bits per heavy atom. The van der Waals surface area contributed by atoms with Gasteiger partial charge in [-0.1, -0.05) is 145 Å². The van der Waals surface area contributed by atoms with Crippen molar-refractivity contribution in [1.29, 1.82) is 0 Å². The third kappa shape index (κ3) is 10.1. The molecule has 0 aliphatic rings. The normalized spacial score (nSPS) is 11.2. The van der Waals surface area contributed by atoms with E-state index in [-0.39, 0.29) is 11.6 Å². The number of para-hydroxylation sites is 4. The van der Waals surface area contributed by atoms with Gasteiger partial charge in [-0.2, -0.15) is 0 Å². The van der Waals surface area contributed by atoms with E-state index < -0.39 is 0 Å². The van der Waals surface area contributed by atoms with Gasteiger partial charge in [0.25, 0.3) is 0 Å². The minimum absolute atomic E-state index is 0.299. The van der Waals surface area contributed by atoms with E-state index in [1.165, 1.54) is 24.3 Å². The Hall–Kier alpha value is -10.6. The second-order valence-electron chi connectivity index (χ2n) is 20.6. The molecule has 6 heteroatoms. The molecule has 0 fully saturated rings. The molecule has 4 nitrogen and oxygen atoms in total. The number of benzene rings is 13. The Labute approximate surface area is 477 Å². The molecule has 13 aromatic carbocycles. The Kier molecular flexibility index (Phi) is 13.8. The van der Waals surface area contributed by atoms with Crippen LogP contribution in [0.4, 0.5) is 77.0 Å². The van der Waals surface area contributed by atoms with E-state index in [4.69, 9.17) is 0 Å². The zero-order valence-corrected chi connectivity index (χ0v) is 45.4. The van der Waals surface area contributed by atoms with Crippen LogP contribution in [0.15, 0.2) is 303 Å². The number of rotatable bonds is 14. The Balaban J connectivity index is 1.09. The second kappa shape index (κ2) is 22.3. The summed E-state index contributed by atoms with van der Waals surface area (Å²) in [5.74, 6) is -0.597. The summed E-state index contributed by atoms with van der Waals surface area (Å²) in [7, 11) is 0. The summed E-state index contributed by atoms with van der Waals surface area (Å²) in [5.41, 5.74) is 18.1. The molecule has 0 aliphatic carbocycles. The van der Waals surface area contributed by atoms with Crippen molar-refractivity contribution < 1.29 is 8.78 Å². The molecule has 0 atom stereocenters. The minimum Gasteiger partial charge on any atom is -0.311 e. The number of anilines is 12. The smallest absolute Gasteiger partial charge is 0.123 e. The lowest BCUT2D eigenvalue weighted by Gasteiger charge is -2.29. The highest BCUT2D eigenvalue weighted by atomic mass is 19.1. The van der Waals surface area contributed by atoms with Crippen LogP contribution in [0, 0.1) is 25.5 Å². The second-order valence-corrected chi connectivity index (χ2v) is 20.6. The number of aryl methyl sites for hydroxylation is 2. The van der Waals surface area contributed by atoms with E-state index in [2.05, 4.69) is 264 Å². The minimum atomic E-state index is -0.299. The fourth-order valence-corrected chi connectivity index (χ4v) is 11.3. The van der Waals surface area contributed by atoms with E-state index in [1.54, 1.807) is 0 Å². The lowest BCUT2D eigenvalue weighted by Crippen LogP contribution is -2.11. The zero-order valence-electron chi connectivity index (χ0n) is 45.4. The van der Waals surface area contributed by atoms with E-state index in [0.717, 1.165) is 123 Å². The van der Waals surface area contributed by atoms with Crippen LogP contribution in [0.3, 0.4) is 0 Å². The molecule has 0 radical (unpaired) electrons. The monoisotopic (exact) mass is 1060 g/mol. The van der Waals surface area contributed by atoms with Crippen molar-refractivity contribution in [3.05, 3.63) is 326 Å². The van der Waals surface area contributed by atoms with Gasteiger partial charge in [0.1, 0.15) is 11.6 Å². The maximum absolute atomic E-state index is 14.8. The first-order chi connectivity index (χ1) is 40.3. The topological polar surface area (TPSA) is 13.0 Å². The zero-order chi connectivity index (χ0) is 55.5. The Morgan fingerprint density at radius 2 is 0.427 bits per heavy atom. The number of fused-ring (bicyclic) bond motifs is 2. The van der Waals surface area contributed by atoms with Crippen LogP contribution >= 0.6 is 0 Å². The maximum Gasteiger partial charge on any atom is 0.123 e. The fraction of sp³-hybridized carbons (Fsp3) is 0.0263. The van der Waals surface area contributed by atoms with Crippen molar-refractivity contribution in [3.63, 3.8) is 0 Å². The van der Waals surface area contributed by atoms with Gasteiger partial charge in [0.2, 0.25) is 0 Å². The fourth-order valence-electron chi connectivity index (χ4n) is 11.3. The quantitative estimate of drug-likeness (QED) is 0.101. The molecule has 0 saturated carbocycles. The number of halogens is 2. The summed E-state index contributed by atoms with van der Waals surface area (Å²) in [5, 5.41) is 4.17. The van der Waals surface area contributed by atoms with Gasteiger partial charge in [0.15, 0.2) is 0 Å². The maximum atomic E-state index is 14.8. The third-order valence-corrected chi connectivity index (χ3v) is 15.2. The van der Waals surface area contributed by atoms with Crippen LogP contribution in [0.1, 0.15) is 11.1 Å². The summed E-state index contributed by atoms with van der Waals surface area (Å²) in [6, 6.07) is 104. The summed E-state index contributed by atoms with van der Waals surface area (Å²) in [6.07, 6.45) is 0. The van der Waals surface area contributed by atoms with Crippen molar-refractivity contribution >= 4 is 89.8 Å². The predicted molar refractivity (Wildman–Crippen MR) is 340 cm³/mol. The summed E-state index contributed by atoms with van der Waals surface area (Å²) < 4.78 is 29.6. The Bertz CT molecular complexity index is 3860. The van der Waals surface area contributed by atoms with Crippen LogP contribution in [0.25, 0.3) is 43.8 Å². The van der Waals surface area contributed by atoms with Gasteiger partial charge < -0.3 is 19.6 Å². The predicted octanol–water partition coefficient (Wildman–Crippen LogP) is 22.1. The van der Waals surface area contributed by atoms with Gasteiger partial charge in [-0.25, -0.2) is 8.78 Å². The molecule has 394 valence electrons. The highest BCUT2D eigenvalue weighted by molar-refractivity contribution is 6.23. The molecule has 0 saturated heterocycles. The van der Waals surface area contributed by atoms with Crippen molar-refractivity contribution in [2.45, 2.75) is 13.8 Å². The van der Waals surface area contributed by atoms with Crippen molar-refractivity contribution in [2.75, 3.05) is 19.6 Å². The number of nitrogens with zero attached hydrogens (tertiary/aromatic N) is 4. The number of hydrogen-bond donors (Lipinski definition) is 0. The summed E-state index contributed by atoms with van der Waals surface area (Å²) in [4.78, 5) is 8.97. The molecule has 0 heterocycles. The molecule has 0 bridgehead atoms. The van der Waals surface area contributed by atoms with Gasteiger partial charge >= 0.3 is 0 Å². The van der Waals surface area contributed by atoms with Crippen molar-refractivity contribution in [3.8, 4) is 22.3 Å². The highest BCUT2D eigenvalue weighted by Gasteiger charge is 2.24. The molecule has 0 amide bonds. The Morgan fingerprint density at radius 1 is 0.207 bits per heavy atom. The molecular weight excluding hydrogens is 1010 g/mol. The van der Waals surface area contributed by atoms with Gasteiger partial charge in [0.05, 0.1) is 0 Å². The average Bonchev–Trinajstić information content (AvgIpc) is 3.18. The van der Waals surface area contributed by atoms with Crippen LogP contribution in [-0.2, 0) is 0 Å². The molecule has 0 unspecified atom stereocenters. The first-order valence-corrected chi connectivity index (χ1v) is 27.6. The largest absolute Gasteiger partial charge is 0.311 e. The average molecular weight is 1060 g/mol. The molecule has 82 heavy (non-hydrogen) atoms. The van der Waals surface area contributed by atoms with Gasteiger partial charge in [-0.15, -0.1) is 0 Å². The number of hydrogen-bond acceptors (Lipinski definition) is 4. The van der Waals surface area contributed by atoms with Crippen LogP contribution in [-0.4, -0.2) is 0 Å². The summed E-state index contributed by atoms with van der Waals surface area (Å²) >= 11 is 0. The first-order valence-electron chi connectivity index (χ1n) is 27.6. The van der Waals surface area contributed by atoms with Crippen LogP contribution in [0.2, 0.25) is 0 Å². The van der Waals surface area contributed by atoms with E-state index in [1.807, 2.05) is 48.5 Å². The third-order valence-electron chi connectivity index (χ3n) is 15.2. The lowest BCUT2D eigenvalue weighted by atomic mass is 9.85. The molecule has 0 N–H and O–H groups in total. The van der Waals surface area contributed by atoms with Gasteiger partial charge in [-0.3, -0.25) is 0 Å². The van der Waals surface area contributed by atoms with Crippen LogP contribution < -0.4 is 19.6 Å². The van der Waals surface area contributed by atoms with Gasteiger partial charge in [0, 0.05) is 68.2 Å². The molecule has 0 aromatic heterocycles. The van der Waals surface area contributed by atoms with Crippen molar-refractivity contribution in [1.82, 2.24) is 0 Å². The van der Waals surface area contributed by atoms with Crippen molar-refractivity contribution in [2.24, 2.45) is 0 Å². The van der Waals surface area contributed by atoms with Gasteiger partial charge in [-0.05, 0) is 228 Å². The molecular formula is C76H56F2N4. The highest BCUT2D eigenvalue weighted by Crippen LogP contribution is 2.50. The molecule has 13 rings (SSSR count). The lowest BCUT2D eigenvalue weighted by molar-refractivity contribution is 0.627. The SMILES string of the molecule is Cc1ccc(N(c2ccc(F)cc2)c2ccc3c(-c4ccc(N(c5ccccc5)c5ccccc5)cc4)c4cc(N(c5ccc(C)cc5)c5ccc(F)cc5)ccc4c(-c4ccc(N(c5ccccc5)c5ccccc5)cc4)c3c2)cc1. The first kappa shape index (κ1) is 50.9. The molecule has 0 aliphatic heterocycles. The van der Waals surface area contributed by atoms with E-state index >= 15 is 0 Å².